The second-order valence-electron chi connectivity index (χ2n) is 4.49. The molecule has 0 saturated carbocycles. The molecule has 114 valence electrons. The molecule has 1 aromatic carbocycles. The lowest BCUT2D eigenvalue weighted by atomic mass is 10.2. The van der Waals surface area contributed by atoms with E-state index in [0.717, 1.165) is 5.56 Å². The van der Waals surface area contributed by atoms with Gasteiger partial charge in [-0.15, -0.1) is 0 Å². The molecule has 0 bridgehead atoms. The van der Waals surface area contributed by atoms with Crippen LogP contribution in [0.1, 0.15) is 17.0 Å². The molecule has 0 aliphatic rings. The van der Waals surface area contributed by atoms with E-state index in [-0.39, 0.29) is 10.6 Å². The van der Waals surface area contributed by atoms with Crippen molar-refractivity contribution in [2.24, 2.45) is 0 Å². The molecule has 0 radical (unpaired) electrons. The van der Waals surface area contributed by atoms with E-state index < -0.39 is 16.6 Å². The first-order valence-corrected chi connectivity index (χ1v) is 8.96. The summed E-state index contributed by atoms with van der Waals surface area (Å²) in [5.41, 5.74) is 1.82. The number of aliphatic hydroxyl groups is 1. The fraction of sp³-hybridized carbons (Fsp3) is 0.250. The first-order valence-electron chi connectivity index (χ1n) is 5.89. The Morgan fingerprint density at radius 2 is 1.86 bits per heavy atom. The number of halogens is 2. The van der Waals surface area contributed by atoms with Gasteiger partial charge in [-0.3, -0.25) is 9.82 Å². The number of rotatable bonds is 4. The summed E-state index contributed by atoms with van der Waals surface area (Å²) in [6.45, 7) is 3.02. The zero-order valence-electron chi connectivity index (χ0n) is 11.2. The third-order valence-corrected chi connectivity index (χ3v) is 5.61. The van der Waals surface area contributed by atoms with Crippen LogP contribution in [-0.4, -0.2) is 23.7 Å². The molecule has 1 heterocycles. The Balaban J connectivity index is 2.50. The van der Waals surface area contributed by atoms with Crippen molar-refractivity contribution in [3.05, 3.63) is 38.0 Å². The minimum atomic E-state index is -3.87. The van der Waals surface area contributed by atoms with E-state index in [0.29, 0.717) is 20.3 Å². The van der Waals surface area contributed by atoms with Gasteiger partial charge in [-0.25, -0.2) is 8.42 Å². The van der Waals surface area contributed by atoms with E-state index in [9.17, 15) is 13.5 Å². The number of aromatic amines is 1. The van der Waals surface area contributed by atoms with Crippen LogP contribution in [0.15, 0.2) is 26.0 Å². The van der Waals surface area contributed by atoms with E-state index in [1.807, 2.05) is 6.92 Å². The third kappa shape index (κ3) is 3.31. The highest BCUT2D eigenvalue weighted by Crippen LogP contribution is 2.34. The fourth-order valence-corrected chi connectivity index (χ4v) is 5.25. The summed E-state index contributed by atoms with van der Waals surface area (Å²) in [7, 11) is -3.87. The molecule has 0 aliphatic heterocycles. The first kappa shape index (κ1) is 16.5. The Morgan fingerprint density at radius 1 is 1.29 bits per heavy atom. The van der Waals surface area contributed by atoms with E-state index in [4.69, 9.17) is 0 Å². The zero-order chi connectivity index (χ0) is 15.8. The number of H-pyrrole nitrogens is 1. The number of hydrogen-bond donors (Lipinski definition) is 3. The average molecular weight is 439 g/mol. The molecule has 0 atom stereocenters. The van der Waals surface area contributed by atoms with Gasteiger partial charge in [0.05, 0.1) is 18.0 Å². The summed E-state index contributed by atoms with van der Waals surface area (Å²) in [6.07, 6.45) is 0. The van der Waals surface area contributed by atoms with Crippen molar-refractivity contribution in [2.45, 2.75) is 25.3 Å². The molecule has 0 unspecified atom stereocenters. The Kier molecular flexibility index (Phi) is 4.76. The summed E-state index contributed by atoms with van der Waals surface area (Å²) in [5.74, 6) is 0. The van der Waals surface area contributed by atoms with E-state index >= 15 is 0 Å². The van der Waals surface area contributed by atoms with Crippen LogP contribution in [0.25, 0.3) is 0 Å². The average Bonchev–Trinajstić information content (AvgIpc) is 2.76. The SMILES string of the molecule is Cc1cc(Br)c(NS(=O)(=O)c2c(CO)n[nH]c2C)c(Br)c1. The van der Waals surface area contributed by atoms with Crippen LogP contribution in [0, 0.1) is 13.8 Å². The van der Waals surface area contributed by atoms with Gasteiger partial charge in [-0.1, -0.05) is 0 Å². The lowest BCUT2D eigenvalue weighted by Gasteiger charge is -2.13. The number of nitrogens with zero attached hydrogens (tertiary/aromatic N) is 1. The topological polar surface area (TPSA) is 95.1 Å². The van der Waals surface area contributed by atoms with Gasteiger partial charge < -0.3 is 5.11 Å². The predicted octanol–water partition coefficient (Wildman–Crippen LogP) is 2.84. The molecule has 0 amide bonds. The normalized spacial score (nSPS) is 11.7. The van der Waals surface area contributed by atoms with Crippen molar-refractivity contribution in [3.8, 4) is 0 Å². The van der Waals surface area contributed by atoms with Crippen LogP contribution in [0.4, 0.5) is 5.69 Å². The molecule has 0 spiro atoms. The van der Waals surface area contributed by atoms with Crippen LogP contribution in [-0.2, 0) is 16.6 Å². The van der Waals surface area contributed by atoms with Crippen molar-refractivity contribution in [1.29, 1.82) is 0 Å². The molecule has 2 aromatic rings. The highest BCUT2D eigenvalue weighted by atomic mass is 79.9. The number of benzene rings is 1. The van der Waals surface area contributed by atoms with E-state index in [2.05, 4.69) is 46.8 Å². The van der Waals surface area contributed by atoms with Gasteiger partial charge in [-0.05, 0) is 63.4 Å². The van der Waals surface area contributed by atoms with Crippen LogP contribution in [0.2, 0.25) is 0 Å². The lowest BCUT2D eigenvalue weighted by molar-refractivity contribution is 0.273. The Labute approximate surface area is 139 Å². The molecule has 1 aromatic heterocycles. The molecular formula is C12H13Br2N3O3S. The number of anilines is 1. The molecule has 9 heteroatoms. The van der Waals surface area contributed by atoms with Crippen molar-refractivity contribution in [2.75, 3.05) is 4.72 Å². The number of aromatic nitrogens is 2. The maximum atomic E-state index is 12.5. The Bertz CT molecular complexity index is 764. The number of aryl methyl sites for hydroxylation is 2. The zero-order valence-corrected chi connectivity index (χ0v) is 15.2. The highest BCUT2D eigenvalue weighted by Gasteiger charge is 2.25. The number of aliphatic hydroxyl groups excluding tert-OH is 1. The molecule has 3 N–H and O–H groups in total. The maximum absolute atomic E-state index is 12.5. The standard InChI is InChI=1S/C12H13Br2N3O3S/c1-6-3-8(13)11(9(14)4-6)17-21(19,20)12-7(2)15-16-10(12)5-18/h3-4,17-18H,5H2,1-2H3,(H,15,16). The van der Waals surface area contributed by atoms with Gasteiger partial charge >= 0.3 is 0 Å². The summed E-state index contributed by atoms with van der Waals surface area (Å²) >= 11 is 6.68. The predicted molar refractivity (Wildman–Crippen MR) is 86.6 cm³/mol. The lowest BCUT2D eigenvalue weighted by Crippen LogP contribution is -2.16. The van der Waals surface area contributed by atoms with Crippen molar-refractivity contribution >= 4 is 47.6 Å². The minimum absolute atomic E-state index is 0.0376. The fourth-order valence-electron chi connectivity index (χ4n) is 1.92. The van der Waals surface area contributed by atoms with Crippen LogP contribution in [0.3, 0.4) is 0 Å². The second kappa shape index (κ2) is 6.07. The van der Waals surface area contributed by atoms with Crippen LogP contribution >= 0.6 is 31.9 Å². The van der Waals surface area contributed by atoms with Gasteiger partial charge in [0.25, 0.3) is 10.0 Å². The molecule has 6 nitrogen and oxygen atoms in total. The van der Waals surface area contributed by atoms with E-state index in [1.165, 1.54) is 0 Å². The summed E-state index contributed by atoms with van der Waals surface area (Å²) in [6, 6.07) is 3.61. The minimum Gasteiger partial charge on any atom is -0.390 e. The molecular weight excluding hydrogens is 426 g/mol. The Morgan fingerprint density at radius 3 is 2.38 bits per heavy atom. The Hall–Kier alpha value is -0.900. The summed E-state index contributed by atoms with van der Waals surface area (Å²) in [4.78, 5) is -0.0376. The molecule has 0 fully saturated rings. The molecule has 0 saturated heterocycles. The number of nitrogens with one attached hydrogen (secondary N) is 2. The van der Waals surface area contributed by atoms with Crippen molar-refractivity contribution in [3.63, 3.8) is 0 Å². The molecule has 0 aliphatic carbocycles. The van der Waals surface area contributed by atoms with Gasteiger partial charge in [0.15, 0.2) is 0 Å². The maximum Gasteiger partial charge on any atom is 0.265 e. The second-order valence-corrected chi connectivity index (χ2v) is 7.82. The monoisotopic (exact) mass is 437 g/mol. The van der Waals surface area contributed by atoms with Crippen molar-refractivity contribution < 1.29 is 13.5 Å². The summed E-state index contributed by atoms with van der Waals surface area (Å²) < 4.78 is 28.8. The third-order valence-electron chi connectivity index (χ3n) is 2.80. The van der Waals surface area contributed by atoms with Gasteiger partial charge in [0.2, 0.25) is 0 Å². The quantitative estimate of drug-likeness (QED) is 0.683. The smallest absolute Gasteiger partial charge is 0.265 e. The van der Waals surface area contributed by atoms with E-state index in [1.54, 1.807) is 19.1 Å². The number of hydrogen-bond acceptors (Lipinski definition) is 4. The summed E-state index contributed by atoms with van der Waals surface area (Å²) in [5, 5.41) is 15.6. The van der Waals surface area contributed by atoms with Gasteiger partial charge in [0.1, 0.15) is 10.6 Å². The van der Waals surface area contributed by atoms with Crippen LogP contribution in [0.5, 0.6) is 0 Å². The first-order chi connectivity index (χ1) is 9.76. The van der Waals surface area contributed by atoms with Crippen LogP contribution < -0.4 is 4.72 Å². The molecule has 2 rings (SSSR count). The molecule has 21 heavy (non-hydrogen) atoms. The van der Waals surface area contributed by atoms with Gasteiger partial charge in [0, 0.05) is 8.95 Å². The van der Waals surface area contributed by atoms with Gasteiger partial charge in [-0.2, -0.15) is 5.10 Å². The number of sulfonamides is 1. The van der Waals surface area contributed by atoms with Crippen molar-refractivity contribution in [1.82, 2.24) is 10.2 Å². The highest BCUT2D eigenvalue weighted by molar-refractivity contribution is 9.11. The largest absolute Gasteiger partial charge is 0.390 e.